The van der Waals surface area contributed by atoms with E-state index in [4.69, 9.17) is 0 Å². The number of likely N-dealkylation sites (tertiary alicyclic amines) is 1. The summed E-state index contributed by atoms with van der Waals surface area (Å²) in [4.78, 5) is 18.1. The van der Waals surface area contributed by atoms with Crippen molar-refractivity contribution in [3.05, 3.63) is 68.1 Å². The summed E-state index contributed by atoms with van der Waals surface area (Å²) in [6.07, 6.45) is 1.22. The van der Waals surface area contributed by atoms with Gasteiger partial charge in [-0.2, -0.15) is 0 Å². The van der Waals surface area contributed by atoms with Gasteiger partial charge in [0, 0.05) is 47.5 Å². The number of pyridine rings is 1. The number of aromatic nitrogens is 1. The first-order chi connectivity index (χ1) is 12.3. The highest BCUT2D eigenvalue weighted by Crippen LogP contribution is 2.36. The van der Waals surface area contributed by atoms with Crippen LogP contribution in [0.3, 0.4) is 0 Å². The van der Waals surface area contributed by atoms with Crippen LogP contribution >= 0.6 is 22.7 Å². The van der Waals surface area contributed by atoms with Gasteiger partial charge in [0.25, 0.3) is 5.56 Å². The Labute approximate surface area is 155 Å². The summed E-state index contributed by atoms with van der Waals surface area (Å²) < 4.78 is 2.07. The molecule has 0 amide bonds. The van der Waals surface area contributed by atoms with Gasteiger partial charge in [-0.1, -0.05) is 12.1 Å². The van der Waals surface area contributed by atoms with Crippen LogP contribution < -0.4 is 5.56 Å². The third-order valence-corrected chi connectivity index (χ3v) is 7.19. The van der Waals surface area contributed by atoms with Crippen molar-refractivity contribution in [2.24, 2.45) is 5.92 Å². The van der Waals surface area contributed by atoms with Gasteiger partial charge in [-0.25, -0.2) is 0 Å². The fourth-order valence-electron chi connectivity index (χ4n) is 4.42. The SMILES string of the molecule is O=c1c(-c2cccs2)ccc2n1C[C@@H]1C[C@@H]2CN(Cc2cccs2)C1. The van der Waals surface area contributed by atoms with Gasteiger partial charge < -0.3 is 4.57 Å². The minimum absolute atomic E-state index is 0.196. The normalized spacial score (nSPS) is 22.7. The Hall–Kier alpha value is -1.69. The topological polar surface area (TPSA) is 25.2 Å². The van der Waals surface area contributed by atoms with Crippen LogP contribution in [0.15, 0.2) is 52.0 Å². The van der Waals surface area contributed by atoms with E-state index in [0.717, 1.165) is 36.6 Å². The average Bonchev–Trinajstić information content (AvgIpc) is 3.29. The summed E-state index contributed by atoms with van der Waals surface area (Å²) in [6.45, 7) is 4.07. The van der Waals surface area contributed by atoms with E-state index in [1.807, 2.05) is 34.9 Å². The quantitative estimate of drug-likeness (QED) is 0.690. The molecule has 0 N–H and O–H groups in total. The van der Waals surface area contributed by atoms with Gasteiger partial charge in [0.15, 0.2) is 0 Å². The second-order valence-electron chi connectivity index (χ2n) is 7.14. The Balaban J connectivity index is 1.46. The molecule has 2 aliphatic rings. The number of thiophene rings is 2. The molecule has 3 nitrogen and oxygen atoms in total. The largest absolute Gasteiger partial charge is 0.311 e. The summed E-state index contributed by atoms with van der Waals surface area (Å²) in [7, 11) is 0. The Bertz CT molecular complexity index is 927. The molecule has 3 aromatic heterocycles. The van der Waals surface area contributed by atoms with Crippen LogP contribution in [-0.2, 0) is 13.1 Å². The van der Waals surface area contributed by atoms with E-state index in [0.29, 0.717) is 11.8 Å². The Morgan fingerprint density at radius 3 is 2.68 bits per heavy atom. The van der Waals surface area contributed by atoms with Crippen molar-refractivity contribution in [2.75, 3.05) is 13.1 Å². The summed E-state index contributed by atoms with van der Waals surface area (Å²) in [5.74, 6) is 1.07. The molecule has 5 heteroatoms. The highest BCUT2D eigenvalue weighted by molar-refractivity contribution is 7.13. The Morgan fingerprint density at radius 1 is 1.00 bits per heavy atom. The summed E-state index contributed by atoms with van der Waals surface area (Å²) in [5, 5.41) is 4.19. The predicted octanol–water partition coefficient (Wildman–Crippen LogP) is 4.26. The minimum Gasteiger partial charge on any atom is -0.311 e. The van der Waals surface area contributed by atoms with Crippen LogP contribution in [0.5, 0.6) is 0 Å². The van der Waals surface area contributed by atoms with Crippen molar-refractivity contribution >= 4 is 22.7 Å². The van der Waals surface area contributed by atoms with E-state index in [1.165, 1.54) is 17.0 Å². The smallest absolute Gasteiger partial charge is 0.259 e. The molecule has 1 fully saturated rings. The molecule has 0 unspecified atom stereocenters. The zero-order valence-corrected chi connectivity index (χ0v) is 15.6. The maximum absolute atomic E-state index is 13.0. The number of hydrogen-bond acceptors (Lipinski definition) is 4. The zero-order valence-electron chi connectivity index (χ0n) is 13.9. The molecule has 25 heavy (non-hydrogen) atoms. The van der Waals surface area contributed by atoms with Gasteiger partial charge >= 0.3 is 0 Å². The van der Waals surface area contributed by atoms with Crippen molar-refractivity contribution < 1.29 is 0 Å². The fraction of sp³-hybridized carbons (Fsp3) is 0.350. The highest BCUT2D eigenvalue weighted by atomic mass is 32.1. The van der Waals surface area contributed by atoms with E-state index >= 15 is 0 Å². The first kappa shape index (κ1) is 15.6. The van der Waals surface area contributed by atoms with E-state index in [2.05, 4.69) is 33.0 Å². The molecule has 3 aromatic rings. The number of piperidine rings is 1. The Kier molecular flexibility index (Phi) is 3.88. The molecule has 0 aromatic carbocycles. The molecule has 5 heterocycles. The van der Waals surface area contributed by atoms with Gasteiger partial charge in [0.2, 0.25) is 0 Å². The van der Waals surface area contributed by atoms with E-state index in [1.54, 1.807) is 11.3 Å². The van der Waals surface area contributed by atoms with Crippen LogP contribution in [0.25, 0.3) is 10.4 Å². The molecule has 1 saturated heterocycles. The molecule has 5 rings (SSSR count). The minimum atomic E-state index is 0.196. The molecule has 0 saturated carbocycles. The lowest BCUT2D eigenvalue weighted by Crippen LogP contribution is -2.46. The number of nitrogens with zero attached hydrogens (tertiary/aromatic N) is 2. The molecule has 0 spiro atoms. The molecule has 2 atom stereocenters. The maximum atomic E-state index is 13.0. The summed E-state index contributed by atoms with van der Waals surface area (Å²) >= 11 is 3.48. The van der Waals surface area contributed by atoms with Gasteiger partial charge in [-0.15, -0.1) is 22.7 Å². The third kappa shape index (κ3) is 2.80. The van der Waals surface area contributed by atoms with Crippen molar-refractivity contribution in [1.82, 2.24) is 9.47 Å². The van der Waals surface area contributed by atoms with E-state index < -0.39 is 0 Å². The monoisotopic (exact) mass is 368 g/mol. The lowest BCUT2D eigenvalue weighted by molar-refractivity contribution is 0.115. The first-order valence-corrected chi connectivity index (χ1v) is 10.6. The predicted molar refractivity (Wildman–Crippen MR) is 104 cm³/mol. The number of hydrogen-bond donors (Lipinski definition) is 0. The van der Waals surface area contributed by atoms with E-state index in [9.17, 15) is 4.79 Å². The molecule has 2 bridgehead atoms. The van der Waals surface area contributed by atoms with E-state index in [-0.39, 0.29) is 5.56 Å². The summed E-state index contributed by atoms with van der Waals surface area (Å²) in [6, 6.07) is 12.7. The van der Waals surface area contributed by atoms with Crippen LogP contribution in [0.2, 0.25) is 0 Å². The number of fused-ring (bicyclic) bond motifs is 4. The Morgan fingerprint density at radius 2 is 1.88 bits per heavy atom. The van der Waals surface area contributed by atoms with Gasteiger partial charge in [0.05, 0.1) is 5.56 Å². The van der Waals surface area contributed by atoms with Gasteiger partial charge in [-0.3, -0.25) is 9.69 Å². The lowest BCUT2D eigenvalue weighted by Gasteiger charge is -2.42. The highest BCUT2D eigenvalue weighted by Gasteiger charge is 2.35. The second kappa shape index (κ2) is 6.24. The standard InChI is InChI=1S/C20H20N2OS2/c23-20-17(19-4-2-8-25-19)5-6-18-15-9-14(11-22(18)20)10-21(12-15)13-16-3-1-7-24-16/h1-8,14-15H,9-13H2/t14-,15-/m1/s1. The zero-order chi connectivity index (χ0) is 16.8. The molecular weight excluding hydrogens is 348 g/mol. The number of rotatable bonds is 3. The van der Waals surface area contributed by atoms with Crippen molar-refractivity contribution in [3.8, 4) is 10.4 Å². The first-order valence-electron chi connectivity index (χ1n) is 8.80. The average molecular weight is 369 g/mol. The van der Waals surface area contributed by atoms with Gasteiger partial charge in [0.1, 0.15) is 0 Å². The fourth-order valence-corrected chi connectivity index (χ4v) is 5.91. The molecular formula is C20H20N2OS2. The maximum Gasteiger partial charge on any atom is 0.259 e. The van der Waals surface area contributed by atoms with Gasteiger partial charge in [-0.05, 0) is 47.4 Å². The van der Waals surface area contributed by atoms with Crippen LogP contribution in [0, 0.1) is 5.92 Å². The molecule has 2 aliphatic heterocycles. The molecule has 0 aliphatic carbocycles. The molecule has 128 valence electrons. The summed E-state index contributed by atoms with van der Waals surface area (Å²) in [5.41, 5.74) is 2.29. The third-order valence-electron chi connectivity index (χ3n) is 5.43. The van der Waals surface area contributed by atoms with Crippen molar-refractivity contribution in [3.63, 3.8) is 0 Å². The lowest BCUT2D eigenvalue weighted by atomic mass is 9.83. The van der Waals surface area contributed by atoms with Crippen LogP contribution in [0.1, 0.15) is 22.9 Å². The van der Waals surface area contributed by atoms with Crippen molar-refractivity contribution in [2.45, 2.75) is 25.4 Å². The molecule has 0 radical (unpaired) electrons. The second-order valence-corrected chi connectivity index (χ2v) is 9.12. The van der Waals surface area contributed by atoms with Crippen molar-refractivity contribution in [1.29, 1.82) is 0 Å². The van der Waals surface area contributed by atoms with Crippen LogP contribution in [0.4, 0.5) is 0 Å². The van der Waals surface area contributed by atoms with Crippen LogP contribution in [-0.4, -0.2) is 22.6 Å².